The van der Waals surface area contributed by atoms with Crippen molar-refractivity contribution >= 4 is 23.9 Å². The van der Waals surface area contributed by atoms with Crippen molar-refractivity contribution in [2.24, 2.45) is 21.7 Å². The van der Waals surface area contributed by atoms with Crippen LogP contribution < -0.4 is 11.5 Å². The number of rotatable bonds is 3. The fourth-order valence-corrected chi connectivity index (χ4v) is 3.16. The molecule has 2 aromatic rings. The fraction of sp³-hybridized carbons (Fsp3) is 0.214. The molecule has 7 heteroatoms. The molecule has 4 N–H and O–H groups in total. The minimum Gasteiger partial charge on any atom is -0.369 e. The lowest BCUT2D eigenvalue weighted by Gasteiger charge is -2.03. The number of hydrogen-bond donors (Lipinski definition) is 2. The Morgan fingerprint density at radius 2 is 2.10 bits per heavy atom. The molecular weight excluding hydrogens is 284 g/mol. The van der Waals surface area contributed by atoms with Gasteiger partial charge in [-0.05, 0) is 6.92 Å². The molecule has 1 aromatic carbocycles. The molecule has 0 radical (unpaired) electrons. The number of fused-ring (bicyclic) bond motifs is 1. The highest BCUT2D eigenvalue weighted by molar-refractivity contribution is 7.99. The van der Waals surface area contributed by atoms with E-state index >= 15 is 0 Å². The first-order chi connectivity index (χ1) is 10.1. The van der Waals surface area contributed by atoms with Gasteiger partial charge in [-0.1, -0.05) is 41.6 Å². The third-order valence-electron chi connectivity index (χ3n) is 3.20. The molecule has 108 valence electrons. The van der Waals surface area contributed by atoms with Gasteiger partial charge >= 0.3 is 0 Å². The molecule has 6 nitrogen and oxygen atoms in total. The molecule has 0 bridgehead atoms. The summed E-state index contributed by atoms with van der Waals surface area (Å²) < 4.78 is 2.14. The van der Waals surface area contributed by atoms with Crippen LogP contribution >= 0.6 is 11.8 Å². The molecule has 0 spiro atoms. The van der Waals surface area contributed by atoms with E-state index in [1.807, 2.05) is 0 Å². The van der Waals surface area contributed by atoms with Crippen LogP contribution in [0.4, 0.5) is 0 Å². The molecule has 0 saturated heterocycles. The summed E-state index contributed by atoms with van der Waals surface area (Å²) in [6.45, 7) is 2.98. The van der Waals surface area contributed by atoms with E-state index in [0.29, 0.717) is 0 Å². The van der Waals surface area contributed by atoms with E-state index in [0.717, 1.165) is 34.4 Å². The molecule has 0 aliphatic carbocycles. The summed E-state index contributed by atoms with van der Waals surface area (Å²) in [6, 6.07) is 8.28. The SMILES string of the molecule is Cc1ccc(-c2nc3n(c2/C=N\N=C(N)N)CCS3)cc1. The van der Waals surface area contributed by atoms with Crippen LogP contribution in [0.3, 0.4) is 0 Å². The van der Waals surface area contributed by atoms with Gasteiger partial charge in [-0.15, -0.1) is 5.10 Å². The zero-order valence-electron chi connectivity index (χ0n) is 11.7. The summed E-state index contributed by atoms with van der Waals surface area (Å²) in [5, 5.41) is 8.62. The van der Waals surface area contributed by atoms with Crippen LogP contribution in [-0.2, 0) is 6.54 Å². The zero-order valence-corrected chi connectivity index (χ0v) is 12.5. The predicted octanol–water partition coefficient (Wildman–Crippen LogP) is 1.57. The summed E-state index contributed by atoms with van der Waals surface area (Å²) in [5.41, 5.74) is 14.7. The zero-order chi connectivity index (χ0) is 14.8. The molecular formula is C14H16N6S. The van der Waals surface area contributed by atoms with E-state index in [-0.39, 0.29) is 5.96 Å². The second-order valence-corrected chi connectivity index (χ2v) is 5.83. The van der Waals surface area contributed by atoms with Gasteiger partial charge in [-0.3, -0.25) is 0 Å². The van der Waals surface area contributed by atoms with Gasteiger partial charge in [0.05, 0.1) is 17.6 Å². The first kappa shape index (κ1) is 13.7. The summed E-state index contributed by atoms with van der Waals surface area (Å²) >= 11 is 1.75. The predicted molar refractivity (Wildman–Crippen MR) is 86.5 cm³/mol. The Labute approximate surface area is 127 Å². The maximum atomic E-state index is 5.30. The monoisotopic (exact) mass is 300 g/mol. The number of imidazole rings is 1. The summed E-state index contributed by atoms with van der Waals surface area (Å²) in [7, 11) is 0. The number of thioether (sulfide) groups is 1. The van der Waals surface area contributed by atoms with Crippen molar-refractivity contribution in [2.45, 2.75) is 18.6 Å². The van der Waals surface area contributed by atoms with Crippen molar-refractivity contribution in [1.82, 2.24) is 9.55 Å². The lowest BCUT2D eigenvalue weighted by Crippen LogP contribution is -2.21. The van der Waals surface area contributed by atoms with Crippen molar-refractivity contribution in [3.63, 3.8) is 0 Å². The lowest BCUT2D eigenvalue weighted by molar-refractivity contribution is 0.715. The molecule has 1 aliphatic rings. The second kappa shape index (κ2) is 5.61. The number of benzene rings is 1. The fourth-order valence-electron chi connectivity index (χ4n) is 2.20. The smallest absolute Gasteiger partial charge is 0.211 e. The lowest BCUT2D eigenvalue weighted by atomic mass is 10.1. The summed E-state index contributed by atoms with van der Waals surface area (Å²) in [5.74, 6) is 0.971. The Balaban J connectivity index is 2.06. The largest absolute Gasteiger partial charge is 0.369 e. The Hall–Kier alpha value is -2.28. The number of guanidine groups is 1. The number of nitrogens with zero attached hydrogens (tertiary/aromatic N) is 4. The van der Waals surface area contributed by atoms with E-state index in [4.69, 9.17) is 16.5 Å². The van der Waals surface area contributed by atoms with Gasteiger partial charge in [0.1, 0.15) is 0 Å². The Morgan fingerprint density at radius 3 is 2.81 bits per heavy atom. The quantitative estimate of drug-likeness (QED) is 0.511. The number of aryl methyl sites for hydroxylation is 1. The van der Waals surface area contributed by atoms with Crippen LogP contribution in [0.5, 0.6) is 0 Å². The second-order valence-electron chi connectivity index (χ2n) is 4.76. The van der Waals surface area contributed by atoms with Gasteiger partial charge in [-0.25, -0.2) is 4.98 Å². The Kier molecular flexibility index (Phi) is 3.66. The normalized spacial score (nSPS) is 13.6. The van der Waals surface area contributed by atoms with Crippen LogP contribution in [-0.4, -0.2) is 27.5 Å². The van der Waals surface area contributed by atoms with E-state index in [9.17, 15) is 0 Å². The molecule has 0 atom stereocenters. The number of nitrogens with two attached hydrogens (primary N) is 2. The third kappa shape index (κ3) is 2.78. The maximum Gasteiger partial charge on any atom is 0.211 e. The molecule has 0 fully saturated rings. The molecule has 0 saturated carbocycles. The van der Waals surface area contributed by atoms with E-state index in [1.165, 1.54) is 5.56 Å². The molecule has 2 heterocycles. The van der Waals surface area contributed by atoms with Crippen LogP contribution in [0.25, 0.3) is 11.3 Å². The van der Waals surface area contributed by atoms with Crippen molar-refractivity contribution in [3.05, 3.63) is 35.5 Å². The van der Waals surface area contributed by atoms with Gasteiger partial charge in [0.25, 0.3) is 0 Å². The van der Waals surface area contributed by atoms with Crippen LogP contribution in [0.15, 0.2) is 39.6 Å². The highest BCUT2D eigenvalue weighted by Crippen LogP contribution is 2.32. The first-order valence-corrected chi connectivity index (χ1v) is 7.56. The highest BCUT2D eigenvalue weighted by atomic mass is 32.2. The Bertz CT molecular complexity index is 710. The molecule has 0 unspecified atom stereocenters. The van der Waals surface area contributed by atoms with Crippen molar-refractivity contribution in [1.29, 1.82) is 0 Å². The minimum atomic E-state index is -0.0568. The number of hydrogen-bond acceptors (Lipinski definition) is 4. The first-order valence-electron chi connectivity index (χ1n) is 6.57. The third-order valence-corrected chi connectivity index (χ3v) is 4.15. The van der Waals surface area contributed by atoms with Gasteiger partial charge in [0.2, 0.25) is 5.96 Å². The van der Waals surface area contributed by atoms with E-state index in [1.54, 1.807) is 18.0 Å². The number of aromatic nitrogens is 2. The van der Waals surface area contributed by atoms with Crippen molar-refractivity contribution in [3.8, 4) is 11.3 Å². The maximum absolute atomic E-state index is 5.30. The van der Waals surface area contributed by atoms with Crippen molar-refractivity contribution < 1.29 is 0 Å². The van der Waals surface area contributed by atoms with E-state index < -0.39 is 0 Å². The Morgan fingerprint density at radius 1 is 1.33 bits per heavy atom. The van der Waals surface area contributed by atoms with Gasteiger partial charge in [0, 0.05) is 17.9 Å². The van der Waals surface area contributed by atoms with Crippen LogP contribution in [0.2, 0.25) is 0 Å². The average molecular weight is 300 g/mol. The summed E-state index contributed by atoms with van der Waals surface area (Å²) in [6.07, 6.45) is 1.66. The molecule has 21 heavy (non-hydrogen) atoms. The molecule has 1 aromatic heterocycles. The average Bonchev–Trinajstić information content (AvgIpc) is 3.01. The highest BCUT2D eigenvalue weighted by Gasteiger charge is 2.21. The van der Waals surface area contributed by atoms with Crippen molar-refractivity contribution in [2.75, 3.05) is 5.75 Å². The summed E-state index contributed by atoms with van der Waals surface area (Å²) in [4.78, 5) is 4.71. The minimum absolute atomic E-state index is 0.0568. The van der Waals surface area contributed by atoms with Gasteiger partial charge < -0.3 is 16.0 Å². The topological polar surface area (TPSA) is 94.6 Å². The molecule has 0 amide bonds. The van der Waals surface area contributed by atoms with Gasteiger partial charge in [0.15, 0.2) is 5.16 Å². The van der Waals surface area contributed by atoms with Gasteiger partial charge in [-0.2, -0.15) is 5.10 Å². The van der Waals surface area contributed by atoms with Crippen LogP contribution in [0, 0.1) is 6.92 Å². The van der Waals surface area contributed by atoms with E-state index in [2.05, 4.69) is 46.0 Å². The standard InChI is InChI=1S/C14H16N6S/c1-9-2-4-10(5-3-9)12-11(8-17-19-13(15)16)20-6-7-21-14(20)18-12/h2-5,8H,6-7H2,1H3,(H4,15,16,19)/b17-8-. The van der Waals surface area contributed by atoms with Crippen LogP contribution in [0.1, 0.15) is 11.3 Å². The molecule has 1 aliphatic heterocycles. The molecule has 3 rings (SSSR count).